The number of hydrogen-bond donors (Lipinski definition) is 1. The van der Waals surface area contributed by atoms with E-state index in [-0.39, 0.29) is 6.04 Å². The van der Waals surface area contributed by atoms with Gasteiger partial charge < -0.3 is 5.32 Å². The lowest BCUT2D eigenvalue weighted by molar-refractivity contribution is 0.447. The number of hydrogen-bond acceptors (Lipinski definition) is 1. The van der Waals surface area contributed by atoms with Gasteiger partial charge in [-0.2, -0.15) is 0 Å². The van der Waals surface area contributed by atoms with Crippen molar-refractivity contribution in [3.8, 4) is 0 Å². The van der Waals surface area contributed by atoms with Crippen LogP contribution in [-0.4, -0.2) is 6.04 Å². The molecule has 1 nitrogen and oxygen atoms in total. The molecule has 4 heteroatoms. The Morgan fingerprint density at radius 3 is 1.88 bits per heavy atom. The SMILES string of the molecule is CCCC(CCC)Nc1cc(F)c(F)c(F)c1. The third-order valence-electron chi connectivity index (χ3n) is 2.63. The minimum atomic E-state index is -1.42. The molecule has 0 aliphatic rings. The quantitative estimate of drug-likeness (QED) is 0.728. The van der Waals surface area contributed by atoms with Gasteiger partial charge in [-0.1, -0.05) is 26.7 Å². The average Bonchev–Trinajstić information content (AvgIpc) is 2.26. The van der Waals surface area contributed by atoms with E-state index in [0.717, 1.165) is 37.8 Å². The topological polar surface area (TPSA) is 12.0 Å². The van der Waals surface area contributed by atoms with Crippen LogP contribution >= 0.6 is 0 Å². The molecule has 0 spiro atoms. The van der Waals surface area contributed by atoms with E-state index in [0.29, 0.717) is 5.69 Å². The van der Waals surface area contributed by atoms with Crippen LogP contribution in [0.4, 0.5) is 18.9 Å². The van der Waals surface area contributed by atoms with Crippen molar-refractivity contribution in [2.45, 2.75) is 45.6 Å². The fourth-order valence-electron chi connectivity index (χ4n) is 1.86. The Bertz CT molecular complexity index is 337. The van der Waals surface area contributed by atoms with Gasteiger partial charge in [-0.15, -0.1) is 0 Å². The standard InChI is InChI=1S/C13H18F3N/c1-3-5-9(6-4-2)17-10-7-11(14)13(16)12(15)8-10/h7-9,17H,3-6H2,1-2H3. The van der Waals surface area contributed by atoms with Gasteiger partial charge in [0, 0.05) is 23.9 Å². The number of rotatable bonds is 6. The summed E-state index contributed by atoms with van der Waals surface area (Å²) >= 11 is 0. The predicted molar refractivity (Wildman–Crippen MR) is 63.5 cm³/mol. The van der Waals surface area contributed by atoms with Gasteiger partial charge in [0.25, 0.3) is 0 Å². The van der Waals surface area contributed by atoms with Crippen LogP contribution in [0.1, 0.15) is 39.5 Å². The molecule has 0 bridgehead atoms. The molecule has 0 unspecified atom stereocenters. The zero-order chi connectivity index (χ0) is 12.8. The van der Waals surface area contributed by atoms with Crippen LogP contribution in [0, 0.1) is 17.5 Å². The molecule has 1 aromatic rings. The molecule has 0 heterocycles. The van der Waals surface area contributed by atoms with Gasteiger partial charge in [0.15, 0.2) is 17.5 Å². The molecule has 0 atom stereocenters. The van der Waals surface area contributed by atoms with Crippen LogP contribution in [0.5, 0.6) is 0 Å². The van der Waals surface area contributed by atoms with Gasteiger partial charge in [-0.05, 0) is 12.8 Å². The zero-order valence-corrected chi connectivity index (χ0v) is 10.2. The molecule has 0 radical (unpaired) electrons. The summed E-state index contributed by atoms with van der Waals surface area (Å²) < 4.78 is 38.8. The second kappa shape index (κ2) is 6.52. The third-order valence-corrected chi connectivity index (χ3v) is 2.63. The van der Waals surface area contributed by atoms with Crippen LogP contribution < -0.4 is 5.32 Å². The van der Waals surface area contributed by atoms with Gasteiger partial charge >= 0.3 is 0 Å². The average molecular weight is 245 g/mol. The highest BCUT2D eigenvalue weighted by Gasteiger charge is 2.12. The van der Waals surface area contributed by atoms with Crippen molar-refractivity contribution >= 4 is 5.69 Å². The van der Waals surface area contributed by atoms with Crippen LogP contribution in [0.2, 0.25) is 0 Å². The van der Waals surface area contributed by atoms with E-state index < -0.39 is 17.5 Å². The Hall–Kier alpha value is -1.19. The first kappa shape index (κ1) is 13.9. The van der Waals surface area contributed by atoms with Gasteiger partial charge in [0.05, 0.1) is 0 Å². The van der Waals surface area contributed by atoms with Crippen molar-refractivity contribution in [3.05, 3.63) is 29.6 Å². The first-order valence-electron chi connectivity index (χ1n) is 5.99. The van der Waals surface area contributed by atoms with Gasteiger partial charge in [-0.3, -0.25) is 0 Å². The lowest BCUT2D eigenvalue weighted by atomic mass is 10.1. The number of halogens is 3. The summed E-state index contributed by atoms with van der Waals surface area (Å²) in [4.78, 5) is 0. The zero-order valence-electron chi connectivity index (χ0n) is 10.2. The number of benzene rings is 1. The van der Waals surface area contributed by atoms with E-state index in [1.807, 2.05) is 0 Å². The molecule has 0 aliphatic heterocycles. The molecular formula is C13H18F3N. The van der Waals surface area contributed by atoms with E-state index >= 15 is 0 Å². The first-order valence-corrected chi connectivity index (χ1v) is 5.99. The van der Waals surface area contributed by atoms with Gasteiger partial charge in [0.1, 0.15) is 0 Å². The van der Waals surface area contributed by atoms with Crippen molar-refractivity contribution in [1.82, 2.24) is 0 Å². The molecule has 17 heavy (non-hydrogen) atoms. The maximum atomic E-state index is 13.0. The van der Waals surface area contributed by atoms with Crippen molar-refractivity contribution in [2.24, 2.45) is 0 Å². The summed E-state index contributed by atoms with van der Waals surface area (Å²) in [6.07, 6.45) is 3.83. The van der Waals surface area contributed by atoms with Crippen LogP contribution in [0.15, 0.2) is 12.1 Å². The Morgan fingerprint density at radius 2 is 1.47 bits per heavy atom. The Morgan fingerprint density at radius 1 is 1.00 bits per heavy atom. The van der Waals surface area contributed by atoms with Crippen molar-refractivity contribution in [2.75, 3.05) is 5.32 Å². The van der Waals surface area contributed by atoms with Crippen molar-refractivity contribution in [3.63, 3.8) is 0 Å². The van der Waals surface area contributed by atoms with E-state index in [9.17, 15) is 13.2 Å². The van der Waals surface area contributed by atoms with E-state index in [2.05, 4.69) is 19.2 Å². The maximum absolute atomic E-state index is 13.0. The molecule has 0 saturated heterocycles. The highest BCUT2D eigenvalue weighted by atomic mass is 19.2. The summed E-state index contributed by atoms with van der Waals surface area (Å²) in [5, 5.41) is 3.04. The largest absolute Gasteiger partial charge is 0.382 e. The monoisotopic (exact) mass is 245 g/mol. The summed E-state index contributed by atoms with van der Waals surface area (Å²) in [5.41, 5.74) is 0.299. The maximum Gasteiger partial charge on any atom is 0.194 e. The summed E-state index contributed by atoms with van der Waals surface area (Å²) in [7, 11) is 0. The predicted octanol–water partition coefficient (Wildman–Crippen LogP) is 4.48. The second-order valence-electron chi connectivity index (χ2n) is 4.17. The highest BCUT2D eigenvalue weighted by Crippen LogP contribution is 2.20. The van der Waals surface area contributed by atoms with Crippen LogP contribution in [-0.2, 0) is 0 Å². The second-order valence-corrected chi connectivity index (χ2v) is 4.17. The van der Waals surface area contributed by atoms with E-state index in [1.165, 1.54) is 0 Å². The van der Waals surface area contributed by atoms with Gasteiger partial charge in [-0.25, -0.2) is 13.2 Å². The molecule has 0 aromatic heterocycles. The minimum Gasteiger partial charge on any atom is -0.382 e. The molecular weight excluding hydrogens is 227 g/mol. The fourth-order valence-corrected chi connectivity index (χ4v) is 1.86. The van der Waals surface area contributed by atoms with Crippen molar-refractivity contribution < 1.29 is 13.2 Å². The van der Waals surface area contributed by atoms with E-state index in [1.54, 1.807) is 0 Å². The molecule has 0 aliphatic carbocycles. The lowest BCUT2D eigenvalue weighted by Gasteiger charge is -2.18. The minimum absolute atomic E-state index is 0.175. The molecule has 1 rings (SSSR count). The van der Waals surface area contributed by atoms with E-state index in [4.69, 9.17) is 0 Å². The smallest absolute Gasteiger partial charge is 0.194 e. The molecule has 96 valence electrons. The normalized spacial score (nSPS) is 10.9. The number of anilines is 1. The molecule has 0 fully saturated rings. The summed E-state index contributed by atoms with van der Waals surface area (Å²) in [5.74, 6) is -3.73. The van der Waals surface area contributed by atoms with Gasteiger partial charge in [0.2, 0.25) is 0 Å². The Labute approximate surface area is 100 Å². The first-order chi connectivity index (χ1) is 8.08. The van der Waals surface area contributed by atoms with Crippen LogP contribution in [0.3, 0.4) is 0 Å². The molecule has 0 saturated carbocycles. The fraction of sp³-hybridized carbons (Fsp3) is 0.538. The highest BCUT2D eigenvalue weighted by molar-refractivity contribution is 5.45. The molecule has 0 amide bonds. The third kappa shape index (κ3) is 3.95. The number of nitrogens with one attached hydrogen (secondary N) is 1. The van der Waals surface area contributed by atoms with Crippen LogP contribution in [0.25, 0.3) is 0 Å². The van der Waals surface area contributed by atoms with Crippen molar-refractivity contribution in [1.29, 1.82) is 0 Å². The molecule has 1 N–H and O–H groups in total. The molecule has 1 aromatic carbocycles. The summed E-state index contributed by atoms with van der Waals surface area (Å²) in [6.45, 7) is 4.10. The lowest BCUT2D eigenvalue weighted by Crippen LogP contribution is -2.19. The Balaban J connectivity index is 2.78. The summed E-state index contributed by atoms with van der Waals surface area (Å²) in [6, 6.07) is 2.17. The Kier molecular flexibility index (Phi) is 5.32.